The molecule has 0 radical (unpaired) electrons. The van der Waals surface area contributed by atoms with Crippen LogP contribution in [0.5, 0.6) is 5.75 Å². The quantitative estimate of drug-likeness (QED) is 0.446. The van der Waals surface area contributed by atoms with Crippen molar-refractivity contribution in [2.24, 2.45) is 0 Å². The minimum Gasteiger partial charge on any atom is -0.496 e. The summed E-state index contributed by atoms with van der Waals surface area (Å²) in [7, 11) is 1.63. The van der Waals surface area contributed by atoms with E-state index >= 15 is 0 Å². The van der Waals surface area contributed by atoms with E-state index in [0.29, 0.717) is 25.9 Å². The normalized spacial score (nSPS) is 19.4. The molecule has 1 saturated heterocycles. The van der Waals surface area contributed by atoms with E-state index in [1.165, 1.54) is 0 Å². The number of aromatic nitrogens is 1. The number of likely N-dealkylation sites (tertiary alicyclic amines) is 1. The summed E-state index contributed by atoms with van der Waals surface area (Å²) in [6.45, 7) is 2.12. The van der Waals surface area contributed by atoms with Crippen molar-refractivity contribution >= 4 is 16.9 Å². The average Bonchev–Trinajstić information content (AvgIpc) is 3.30. The van der Waals surface area contributed by atoms with Gasteiger partial charge in [-0.25, -0.2) is 4.79 Å². The van der Waals surface area contributed by atoms with Gasteiger partial charge in [0.2, 0.25) is 0 Å². The van der Waals surface area contributed by atoms with Gasteiger partial charge in [0.15, 0.2) is 0 Å². The van der Waals surface area contributed by atoms with Gasteiger partial charge in [-0.2, -0.15) is 13.2 Å². The van der Waals surface area contributed by atoms with Crippen LogP contribution in [-0.2, 0) is 6.54 Å². The van der Waals surface area contributed by atoms with Gasteiger partial charge in [0.1, 0.15) is 5.75 Å². The number of carboxylic acids is 1. The van der Waals surface area contributed by atoms with E-state index in [-0.39, 0.29) is 17.6 Å². The third-order valence-corrected chi connectivity index (χ3v) is 6.54. The number of H-pyrrole nitrogens is 1. The van der Waals surface area contributed by atoms with Crippen molar-refractivity contribution in [3.8, 4) is 5.75 Å². The molecule has 1 aliphatic heterocycles. The van der Waals surface area contributed by atoms with Gasteiger partial charge in [-0.1, -0.05) is 12.1 Å². The van der Waals surface area contributed by atoms with Crippen LogP contribution in [-0.4, -0.2) is 53.4 Å². The number of alkyl halides is 3. The summed E-state index contributed by atoms with van der Waals surface area (Å²) in [6, 6.07) is 10.1. The second-order valence-electron chi connectivity index (χ2n) is 8.77. The van der Waals surface area contributed by atoms with E-state index < -0.39 is 18.7 Å². The van der Waals surface area contributed by atoms with Gasteiger partial charge in [-0.15, -0.1) is 0 Å². The zero-order valence-corrected chi connectivity index (χ0v) is 19.1. The lowest BCUT2D eigenvalue weighted by molar-refractivity contribution is -0.127. The fourth-order valence-electron chi connectivity index (χ4n) is 4.83. The number of ether oxygens (including phenoxy) is 1. The second kappa shape index (κ2) is 9.68. The maximum atomic E-state index is 12.8. The van der Waals surface area contributed by atoms with Gasteiger partial charge in [0.05, 0.1) is 19.2 Å². The molecule has 1 aromatic heterocycles. The van der Waals surface area contributed by atoms with Crippen LogP contribution in [0.25, 0.3) is 10.9 Å². The molecule has 9 heteroatoms. The summed E-state index contributed by atoms with van der Waals surface area (Å²) in [4.78, 5) is 16.8. The number of halogens is 3. The van der Waals surface area contributed by atoms with E-state index in [1.807, 2.05) is 25.3 Å². The van der Waals surface area contributed by atoms with Crippen LogP contribution >= 0.6 is 0 Å². The number of aryl methyl sites for hydroxylation is 1. The van der Waals surface area contributed by atoms with Gasteiger partial charge in [0.25, 0.3) is 0 Å². The average molecular weight is 476 g/mol. The predicted molar refractivity (Wildman–Crippen MR) is 123 cm³/mol. The first kappa shape index (κ1) is 24.1. The van der Waals surface area contributed by atoms with Gasteiger partial charge < -0.3 is 20.1 Å². The molecule has 0 bridgehead atoms. The fraction of sp³-hybridized carbons (Fsp3) is 0.400. The monoisotopic (exact) mass is 475 g/mol. The molecule has 6 nitrogen and oxygen atoms in total. The number of methoxy groups -OCH3 is 1. The maximum Gasteiger partial charge on any atom is 0.401 e. The number of nitrogens with one attached hydrogen (secondary N) is 2. The highest BCUT2D eigenvalue weighted by molar-refractivity contribution is 5.88. The van der Waals surface area contributed by atoms with E-state index in [0.717, 1.165) is 33.3 Å². The summed E-state index contributed by atoms with van der Waals surface area (Å²) in [6.07, 6.45) is -1.34. The molecule has 34 heavy (non-hydrogen) atoms. The Hall–Kier alpha value is -3.04. The first-order chi connectivity index (χ1) is 16.2. The van der Waals surface area contributed by atoms with E-state index in [1.54, 1.807) is 31.4 Å². The summed E-state index contributed by atoms with van der Waals surface area (Å²) in [5.74, 6) is -0.252. The van der Waals surface area contributed by atoms with Gasteiger partial charge in [0, 0.05) is 47.8 Å². The minimum atomic E-state index is -4.27. The number of aromatic amines is 1. The lowest BCUT2D eigenvalue weighted by Crippen LogP contribution is -2.46. The molecule has 2 heterocycles. The Morgan fingerprint density at radius 3 is 2.65 bits per heavy atom. The van der Waals surface area contributed by atoms with Crippen molar-refractivity contribution in [1.82, 2.24) is 15.2 Å². The number of nitrogens with zero attached hydrogens (tertiary/aromatic N) is 1. The van der Waals surface area contributed by atoms with Crippen molar-refractivity contribution in [2.45, 2.75) is 44.6 Å². The largest absolute Gasteiger partial charge is 0.496 e. The Morgan fingerprint density at radius 2 is 2.00 bits per heavy atom. The Kier molecular flexibility index (Phi) is 6.86. The standard InChI is InChI=1S/C25H28F3N3O3/c1-15-11-22(34-2)20(19-7-9-29-23(15)19)13-31-10-8-18(30-14-25(26,27)28)12-21(31)16-3-5-17(6-4-16)24(32)33/h3-7,9,11,18,21,29-30H,8,10,12-14H2,1-2H3,(H,32,33)/t18-,21-/m0/s1. The molecule has 3 N–H and O–H groups in total. The highest BCUT2D eigenvalue weighted by atomic mass is 19.4. The zero-order valence-electron chi connectivity index (χ0n) is 19.1. The first-order valence-corrected chi connectivity index (χ1v) is 11.2. The molecule has 1 fully saturated rings. The Labute approximate surface area is 195 Å². The number of hydrogen-bond acceptors (Lipinski definition) is 4. The molecule has 0 unspecified atom stereocenters. The predicted octanol–water partition coefficient (Wildman–Crippen LogP) is 5.04. The number of rotatable bonds is 7. The number of hydrogen-bond donors (Lipinski definition) is 3. The third kappa shape index (κ3) is 5.20. The molecule has 182 valence electrons. The second-order valence-corrected chi connectivity index (χ2v) is 8.77. The molecule has 2 atom stereocenters. The molecular formula is C25H28F3N3O3. The molecule has 0 saturated carbocycles. The van der Waals surface area contributed by atoms with Gasteiger partial charge >= 0.3 is 12.1 Å². The van der Waals surface area contributed by atoms with Crippen LogP contribution in [0.1, 0.15) is 45.9 Å². The van der Waals surface area contributed by atoms with Crippen LogP contribution in [0.15, 0.2) is 42.6 Å². The summed E-state index contributed by atoms with van der Waals surface area (Å²) < 4.78 is 44.1. The number of carboxylic acid groups (broad SMARTS) is 1. The Balaban J connectivity index is 1.65. The van der Waals surface area contributed by atoms with Crippen LogP contribution in [0, 0.1) is 6.92 Å². The van der Waals surface area contributed by atoms with Crippen molar-refractivity contribution in [1.29, 1.82) is 0 Å². The highest BCUT2D eigenvalue weighted by Crippen LogP contribution is 2.37. The number of piperidine rings is 1. The topological polar surface area (TPSA) is 77.6 Å². The van der Waals surface area contributed by atoms with E-state index in [2.05, 4.69) is 15.2 Å². The lowest BCUT2D eigenvalue weighted by Gasteiger charge is -2.40. The van der Waals surface area contributed by atoms with Crippen molar-refractivity contribution < 1.29 is 27.8 Å². The van der Waals surface area contributed by atoms with E-state index in [4.69, 9.17) is 4.74 Å². The smallest absolute Gasteiger partial charge is 0.401 e. The van der Waals surface area contributed by atoms with Gasteiger partial charge in [-0.05, 0) is 55.2 Å². The van der Waals surface area contributed by atoms with Gasteiger partial charge in [-0.3, -0.25) is 4.90 Å². The van der Waals surface area contributed by atoms with Crippen molar-refractivity contribution in [3.05, 3.63) is 64.8 Å². The van der Waals surface area contributed by atoms with E-state index in [9.17, 15) is 23.1 Å². The first-order valence-electron chi connectivity index (χ1n) is 11.2. The molecule has 0 spiro atoms. The third-order valence-electron chi connectivity index (χ3n) is 6.54. The summed E-state index contributed by atoms with van der Waals surface area (Å²) in [5.41, 5.74) is 4.15. The number of carbonyl (C=O) groups is 1. The molecule has 3 aromatic rings. The molecule has 1 aliphatic rings. The lowest BCUT2D eigenvalue weighted by atomic mass is 9.90. The molecule has 2 aromatic carbocycles. The summed E-state index contributed by atoms with van der Waals surface area (Å²) >= 11 is 0. The van der Waals surface area contributed by atoms with Crippen molar-refractivity contribution in [3.63, 3.8) is 0 Å². The highest BCUT2D eigenvalue weighted by Gasteiger charge is 2.34. The molecule has 0 aliphatic carbocycles. The maximum absolute atomic E-state index is 12.8. The number of fused-ring (bicyclic) bond motifs is 1. The minimum absolute atomic E-state index is 0.173. The van der Waals surface area contributed by atoms with Crippen LogP contribution < -0.4 is 10.1 Å². The molecular weight excluding hydrogens is 447 g/mol. The molecule has 0 amide bonds. The SMILES string of the molecule is COc1cc(C)c2[nH]ccc2c1CN1CC[C@H](NCC(F)(F)F)C[C@H]1c1ccc(C(=O)O)cc1. The van der Waals surface area contributed by atoms with Crippen LogP contribution in [0.2, 0.25) is 0 Å². The zero-order chi connectivity index (χ0) is 24.5. The number of aromatic carboxylic acids is 1. The van der Waals surface area contributed by atoms with Crippen molar-refractivity contribution in [2.75, 3.05) is 20.2 Å². The van der Waals surface area contributed by atoms with Crippen LogP contribution in [0.4, 0.5) is 13.2 Å². The Morgan fingerprint density at radius 1 is 1.26 bits per heavy atom. The fourth-order valence-corrected chi connectivity index (χ4v) is 4.83. The van der Waals surface area contributed by atoms with Crippen LogP contribution in [0.3, 0.4) is 0 Å². The Bertz CT molecular complexity index is 1160. The summed E-state index contributed by atoms with van der Waals surface area (Å²) in [5, 5.41) is 12.9. The number of benzene rings is 2. The molecule has 4 rings (SSSR count).